The lowest BCUT2D eigenvalue weighted by Crippen LogP contribution is -2.12. The van der Waals surface area contributed by atoms with Crippen LogP contribution >= 0.6 is 0 Å². The average Bonchev–Trinajstić information content (AvgIpc) is 2.52. The summed E-state index contributed by atoms with van der Waals surface area (Å²) < 4.78 is 0. The number of phenolic OH excluding ortho intramolecular Hbond substituents is 1. The number of aromatic hydroxyl groups is 1. The lowest BCUT2D eigenvalue weighted by molar-refractivity contribution is 0.448. The van der Waals surface area contributed by atoms with Crippen LogP contribution in [-0.4, -0.2) is 5.11 Å². The summed E-state index contributed by atoms with van der Waals surface area (Å²) in [5.41, 5.74) is 6.89. The average molecular weight is 339 g/mol. The van der Waals surface area contributed by atoms with Crippen LogP contribution in [0.15, 0.2) is 30.3 Å². The van der Waals surface area contributed by atoms with Crippen molar-refractivity contribution in [2.45, 2.75) is 79.1 Å². The van der Waals surface area contributed by atoms with Gasteiger partial charge in [0.2, 0.25) is 0 Å². The van der Waals surface area contributed by atoms with Crippen LogP contribution in [0, 0.1) is 13.8 Å². The SMILES string of the molecule is CCCCCCc1cc(C)cc(-c2cc(C)cc(C(C)(C)C)c2O)c1. The molecule has 1 nitrogen and oxygen atoms in total. The van der Waals surface area contributed by atoms with Crippen molar-refractivity contribution < 1.29 is 5.11 Å². The maximum absolute atomic E-state index is 10.9. The zero-order valence-electron chi connectivity index (χ0n) is 16.9. The van der Waals surface area contributed by atoms with E-state index in [1.54, 1.807) is 0 Å². The zero-order chi connectivity index (χ0) is 18.6. The first-order chi connectivity index (χ1) is 11.7. The molecule has 25 heavy (non-hydrogen) atoms. The molecule has 2 aromatic rings. The first-order valence-corrected chi connectivity index (χ1v) is 9.67. The van der Waals surface area contributed by atoms with Gasteiger partial charge in [-0.05, 0) is 54.9 Å². The van der Waals surface area contributed by atoms with E-state index >= 15 is 0 Å². The Bertz CT molecular complexity index is 720. The molecule has 0 radical (unpaired) electrons. The van der Waals surface area contributed by atoms with Gasteiger partial charge < -0.3 is 5.11 Å². The van der Waals surface area contributed by atoms with E-state index in [1.165, 1.54) is 42.4 Å². The van der Waals surface area contributed by atoms with Crippen LogP contribution < -0.4 is 0 Å². The smallest absolute Gasteiger partial charge is 0.127 e. The normalized spacial score (nSPS) is 11.8. The van der Waals surface area contributed by atoms with E-state index in [1.807, 2.05) is 0 Å². The summed E-state index contributed by atoms with van der Waals surface area (Å²) in [6, 6.07) is 11.0. The van der Waals surface area contributed by atoms with E-state index in [4.69, 9.17) is 0 Å². The molecule has 136 valence electrons. The van der Waals surface area contributed by atoms with Gasteiger partial charge in [0, 0.05) is 11.1 Å². The lowest BCUT2D eigenvalue weighted by Gasteiger charge is -2.23. The summed E-state index contributed by atoms with van der Waals surface area (Å²) in [5, 5.41) is 10.9. The second-order valence-corrected chi connectivity index (χ2v) is 8.48. The van der Waals surface area contributed by atoms with Crippen molar-refractivity contribution in [3.05, 3.63) is 52.6 Å². The third-order valence-corrected chi connectivity index (χ3v) is 4.83. The van der Waals surface area contributed by atoms with Gasteiger partial charge in [0.1, 0.15) is 5.75 Å². The predicted molar refractivity (Wildman–Crippen MR) is 110 cm³/mol. The molecule has 2 rings (SSSR count). The topological polar surface area (TPSA) is 20.2 Å². The van der Waals surface area contributed by atoms with Crippen LogP contribution in [0.3, 0.4) is 0 Å². The van der Waals surface area contributed by atoms with Crippen molar-refractivity contribution in [2.24, 2.45) is 0 Å². The van der Waals surface area contributed by atoms with E-state index in [9.17, 15) is 5.11 Å². The number of unbranched alkanes of at least 4 members (excludes halogenated alkanes) is 3. The molecule has 0 aliphatic carbocycles. The van der Waals surface area contributed by atoms with Crippen LogP contribution in [0.4, 0.5) is 0 Å². The van der Waals surface area contributed by atoms with Crippen molar-refractivity contribution in [1.82, 2.24) is 0 Å². The molecule has 1 heteroatoms. The minimum Gasteiger partial charge on any atom is -0.507 e. The Morgan fingerprint density at radius 2 is 1.52 bits per heavy atom. The van der Waals surface area contributed by atoms with E-state index in [0.717, 1.165) is 23.1 Å². The Hall–Kier alpha value is -1.76. The van der Waals surface area contributed by atoms with Gasteiger partial charge in [-0.3, -0.25) is 0 Å². The first kappa shape index (κ1) is 19.6. The molecule has 0 fully saturated rings. The molecule has 0 aromatic heterocycles. The van der Waals surface area contributed by atoms with Crippen molar-refractivity contribution in [1.29, 1.82) is 0 Å². The summed E-state index contributed by atoms with van der Waals surface area (Å²) in [6.07, 6.45) is 6.24. The van der Waals surface area contributed by atoms with Crippen molar-refractivity contribution in [3.63, 3.8) is 0 Å². The summed E-state index contributed by atoms with van der Waals surface area (Å²) in [4.78, 5) is 0. The number of phenols is 1. The standard InChI is InChI=1S/C24H34O/c1-7-8-9-10-11-19-12-17(2)13-20(16-19)21-14-18(3)15-22(23(21)25)24(4,5)6/h12-16,25H,7-11H2,1-6H3. The number of benzene rings is 2. The monoisotopic (exact) mass is 338 g/mol. The quantitative estimate of drug-likeness (QED) is 0.557. The van der Waals surface area contributed by atoms with E-state index in [0.29, 0.717) is 5.75 Å². The number of hydrogen-bond acceptors (Lipinski definition) is 1. The fourth-order valence-corrected chi connectivity index (χ4v) is 3.49. The van der Waals surface area contributed by atoms with Gasteiger partial charge in [0.15, 0.2) is 0 Å². The minimum atomic E-state index is -0.0718. The van der Waals surface area contributed by atoms with E-state index in [-0.39, 0.29) is 5.41 Å². The molecule has 0 spiro atoms. The summed E-state index contributed by atoms with van der Waals surface area (Å²) in [7, 11) is 0. The van der Waals surface area contributed by atoms with Gasteiger partial charge in [-0.25, -0.2) is 0 Å². The molecule has 2 aromatic carbocycles. The van der Waals surface area contributed by atoms with Crippen LogP contribution in [0.5, 0.6) is 5.75 Å². The number of aryl methyl sites for hydroxylation is 3. The van der Waals surface area contributed by atoms with Gasteiger partial charge >= 0.3 is 0 Å². The summed E-state index contributed by atoms with van der Waals surface area (Å²) in [6.45, 7) is 13.0. The van der Waals surface area contributed by atoms with E-state index < -0.39 is 0 Å². The molecule has 0 saturated heterocycles. The van der Waals surface area contributed by atoms with Crippen LogP contribution in [-0.2, 0) is 11.8 Å². The maximum atomic E-state index is 10.9. The molecule has 1 N–H and O–H groups in total. The zero-order valence-corrected chi connectivity index (χ0v) is 16.9. The Morgan fingerprint density at radius 3 is 2.16 bits per heavy atom. The largest absolute Gasteiger partial charge is 0.507 e. The molecule has 0 aliphatic heterocycles. The van der Waals surface area contributed by atoms with Crippen LogP contribution in [0.1, 0.15) is 75.6 Å². The third-order valence-electron chi connectivity index (χ3n) is 4.83. The fraction of sp³-hybridized carbons (Fsp3) is 0.500. The highest BCUT2D eigenvalue weighted by Crippen LogP contribution is 2.40. The molecule has 0 aliphatic rings. The highest BCUT2D eigenvalue weighted by molar-refractivity contribution is 5.74. The Kier molecular flexibility index (Phi) is 6.32. The van der Waals surface area contributed by atoms with Gasteiger partial charge in [0.05, 0.1) is 0 Å². The molecule has 0 amide bonds. The number of rotatable bonds is 6. The van der Waals surface area contributed by atoms with Gasteiger partial charge in [0.25, 0.3) is 0 Å². The Morgan fingerprint density at radius 1 is 0.840 bits per heavy atom. The van der Waals surface area contributed by atoms with Gasteiger partial charge in [-0.1, -0.05) is 76.8 Å². The van der Waals surface area contributed by atoms with Crippen molar-refractivity contribution in [3.8, 4) is 16.9 Å². The Balaban J connectivity index is 2.41. The predicted octanol–water partition coefficient (Wildman–Crippen LogP) is 7.10. The Labute approximate surface area is 154 Å². The molecule has 0 heterocycles. The summed E-state index contributed by atoms with van der Waals surface area (Å²) in [5.74, 6) is 0.431. The third kappa shape index (κ3) is 5.11. The molecular formula is C24H34O. The molecule has 0 unspecified atom stereocenters. The second-order valence-electron chi connectivity index (χ2n) is 8.48. The lowest BCUT2D eigenvalue weighted by atomic mass is 9.83. The molecular weight excluding hydrogens is 304 g/mol. The highest BCUT2D eigenvalue weighted by atomic mass is 16.3. The molecule has 0 bridgehead atoms. The first-order valence-electron chi connectivity index (χ1n) is 9.67. The maximum Gasteiger partial charge on any atom is 0.127 e. The second kappa shape index (κ2) is 8.08. The van der Waals surface area contributed by atoms with Crippen LogP contribution in [0.2, 0.25) is 0 Å². The van der Waals surface area contributed by atoms with Crippen molar-refractivity contribution >= 4 is 0 Å². The minimum absolute atomic E-state index is 0.0718. The van der Waals surface area contributed by atoms with Gasteiger partial charge in [-0.2, -0.15) is 0 Å². The van der Waals surface area contributed by atoms with Crippen LogP contribution in [0.25, 0.3) is 11.1 Å². The van der Waals surface area contributed by atoms with Gasteiger partial charge in [-0.15, -0.1) is 0 Å². The molecule has 0 atom stereocenters. The van der Waals surface area contributed by atoms with Crippen molar-refractivity contribution in [2.75, 3.05) is 0 Å². The summed E-state index contributed by atoms with van der Waals surface area (Å²) >= 11 is 0. The molecule has 0 saturated carbocycles. The highest BCUT2D eigenvalue weighted by Gasteiger charge is 2.21. The fourth-order valence-electron chi connectivity index (χ4n) is 3.49. The van der Waals surface area contributed by atoms with E-state index in [2.05, 4.69) is 71.9 Å². The number of hydrogen-bond donors (Lipinski definition) is 1.